The van der Waals surface area contributed by atoms with Gasteiger partial charge in [0.25, 0.3) is 0 Å². The number of hydrogen-bond donors (Lipinski definition) is 2. The topological polar surface area (TPSA) is 41.1 Å². The third-order valence-electron chi connectivity index (χ3n) is 4.64. The summed E-state index contributed by atoms with van der Waals surface area (Å²) in [7, 11) is 0. The van der Waals surface area contributed by atoms with E-state index in [1.807, 2.05) is 11.4 Å². The first kappa shape index (κ1) is 17.8. The van der Waals surface area contributed by atoms with E-state index in [0.29, 0.717) is 6.54 Å². The number of rotatable bonds is 4. The molecule has 3 rings (SSSR count). The Morgan fingerprint density at radius 3 is 2.56 bits per heavy atom. The van der Waals surface area contributed by atoms with Gasteiger partial charge in [-0.25, -0.2) is 4.79 Å². The van der Waals surface area contributed by atoms with E-state index in [1.54, 1.807) is 11.3 Å². The number of alkyl halides is 3. The summed E-state index contributed by atoms with van der Waals surface area (Å²) in [6.45, 7) is 0.484. The second-order valence-electron chi connectivity index (χ2n) is 6.35. The summed E-state index contributed by atoms with van der Waals surface area (Å²) < 4.78 is 38.2. The number of hydrogen-bond acceptors (Lipinski definition) is 2. The van der Waals surface area contributed by atoms with E-state index in [-0.39, 0.29) is 11.1 Å². The first-order chi connectivity index (χ1) is 11.9. The Balaban J connectivity index is 1.63. The predicted octanol–water partition coefficient (Wildman–Crippen LogP) is 5.40. The molecule has 0 saturated heterocycles. The van der Waals surface area contributed by atoms with Gasteiger partial charge in [0.15, 0.2) is 0 Å². The zero-order valence-corrected chi connectivity index (χ0v) is 14.3. The zero-order valence-electron chi connectivity index (χ0n) is 13.5. The molecule has 3 nitrogen and oxygen atoms in total. The molecule has 1 aromatic carbocycles. The molecule has 2 amide bonds. The number of thiophene rings is 1. The molecule has 1 heterocycles. The van der Waals surface area contributed by atoms with Crippen molar-refractivity contribution >= 4 is 23.1 Å². The highest BCUT2D eigenvalue weighted by atomic mass is 32.1. The highest BCUT2D eigenvalue weighted by Gasteiger charge is 2.36. The van der Waals surface area contributed by atoms with E-state index in [9.17, 15) is 18.0 Å². The molecule has 0 aliphatic heterocycles. The SMILES string of the molecule is O=C(NCC1(c2cccs2)CCCC1)Nc1cccc(C(F)(F)F)c1. The van der Waals surface area contributed by atoms with Crippen molar-refractivity contribution in [3.63, 3.8) is 0 Å². The van der Waals surface area contributed by atoms with Crippen LogP contribution in [0.1, 0.15) is 36.1 Å². The van der Waals surface area contributed by atoms with Crippen molar-refractivity contribution < 1.29 is 18.0 Å². The third-order valence-corrected chi connectivity index (χ3v) is 5.76. The van der Waals surface area contributed by atoms with Crippen LogP contribution < -0.4 is 10.6 Å². The summed E-state index contributed by atoms with van der Waals surface area (Å²) in [5, 5.41) is 7.36. The molecule has 134 valence electrons. The molecule has 7 heteroatoms. The van der Waals surface area contributed by atoms with Crippen molar-refractivity contribution in [3.8, 4) is 0 Å². The Bertz CT molecular complexity index is 722. The maximum Gasteiger partial charge on any atom is 0.416 e. The number of anilines is 1. The van der Waals surface area contributed by atoms with Crippen molar-refractivity contribution in [2.45, 2.75) is 37.3 Å². The normalized spacial score (nSPS) is 16.6. The van der Waals surface area contributed by atoms with Gasteiger partial charge in [-0.1, -0.05) is 25.0 Å². The van der Waals surface area contributed by atoms with Crippen LogP contribution in [0.3, 0.4) is 0 Å². The van der Waals surface area contributed by atoms with E-state index in [1.165, 1.54) is 17.0 Å². The number of carbonyl (C=O) groups excluding carboxylic acids is 1. The van der Waals surface area contributed by atoms with Crippen molar-refractivity contribution in [1.29, 1.82) is 0 Å². The molecule has 1 fully saturated rings. The maximum atomic E-state index is 12.7. The van der Waals surface area contributed by atoms with Crippen LogP contribution in [0.2, 0.25) is 0 Å². The summed E-state index contributed by atoms with van der Waals surface area (Å²) in [6.07, 6.45) is -0.167. The summed E-state index contributed by atoms with van der Waals surface area (Å²) in [4.78, 5) is 13.4. The monoisotopic (exact) mass is 368 g/mol. The average molecular weight is 368 g/mol. The molecular formula is C18H19F3N2OS. The highest BCUT2D eigenvalue weighted by Crippen LogP contribution is 2.42. The fourth-order valence-corrected chi connectivity index (χ4v) is 4.33. The molecule has 1 aliphatic rings. The Labute approximate surface area is 148 Å². The van der Waals surface area contributed by atoms with Crippen LogP contribution in [-0.4, -0.2) is 12.6 Å². The first-order valence-corrected chi connectivity index (χ1v) is 9.03. The summed E-state index contributed by atoms with van der Waals surface area (Å²) in [6, 6.07) is 8.24. The number of benzene rings is 1. The van der Waals surface area contributed by atoms with Gasteiger partial charge in [0.1, 0.15) is 0 Å². The van der Waals surface area contributed by atoms with Crippen LogP contribution in [0.15, 0.2) is 41.8 Å². The molecule has 1 aliphatic carbocycles. The van der Waals surface area contributed by atoms with E-state index < -0.39 is 17.8 Å². The first-order valence-electron chi connectivity index (χ1n) is 8.15. The van der Waals surface area contributed by atoms with E-state index >= 15 is 0 Å². The second-order valence-corrected chi connectivity index (χ2v) is 7.30. The fourth-order valence-electron chi connectivity index (χ4n) is 3.34. The predicted molar refractivity (Wildman–Crippen MR) is 92.9 cm³/mol. The Morgan fingerprint density at radius 2 is 1.92 bits per heavy atom. The minimum absolute atomic E-state index is 0.0562. The summed E-state index contributed by atoms with van der Waals surface area (Å²) in [5.74, 6) is 0. The van der Waals surface area contributed by atoms with Gasteiger partial charge in [-0.3, -0.25) is 0 Å². The lowest BCUT2D eigenvalue weighted by Gasteiger charge is -2.28. The lowest BCUT2D eigenvalue weighted by Crippen LogP contribution is -2.40. The quantitative estimate of drug-likeness (QED) is 0.745. The van der Waals surface area contributed by atoms with Crippen molar-refractivity contribution in [3.05, 3.63) is 52.2 Å². The molecule has 0 bridgehead atoms. The average Bonchev–Trinajstić information content (AvgIpc) is 3.25. The molecule has 2 aromatic rings. The minimum atomic E-state index is -4.43. The van der Waals surface area contributed by atoms with Crippen molar-refractivity contribution in [2.24, 2.45) is 0 Å². The molecule has 2 N–H and O–H groups in total. The molecule has 25 heavy (non-hydrogen) atoms. The molecule has 0 spiro atoms. The van der Waals surface area contributed by atoms with Gasteiger partial charge in [-0.15, -0.1) is 11.3 Å². The molecule has 0 atom stereocenters. The number of carbonyl (C=O) groups is 1. The number of halogens is 3. The number of urea groups is 1. The fraction of sp³-hybridized carbons (Fsp3) is 0.389. The van der Waals surface area contributed by atoms with Crippen LogP contribution in [0.4, 0.5) is 23.7 Å². The van der Waals surface area contributed by atoms with Gasteiger partial charge in [-0.2, -0.15) is 13.2 Å². The van der Waals surface area contributed by atoms with E-state index in [2.05, 4.69) is 16.7 Å². The number of amides is 2. The maximum absolute atomic E-state index is 12.7. The molecule has 1 saturated carbocycles. The summed E-state index contributed by atoms with van der Waals surface area (Å²) in [5.41, 5.74) is -0.709. The van der Waals surface area contributed by atoms with Crippen LogP contribution in [0.25, 0.3) is 0 Å². The van der Waals surface area contributed by atoms with Crippen molar-refractivity contribution in [1.82, 2.24) is 5.32 Å². The van der Waals surface area contributed by atoms with E-state index in [4.69, 9.17) is 0 Å². The Hall–Kier alpha value is -2.02. The van der Waals surface area contributed by atoms with Crippen LogP contribution in [0, 0.1) is 0 Å². The molecule has 0 radical (unpaired) electrons. The number of nitrogens with one attached hydrogen (secondary N) is 2. The van der Waals surface area contributed by atoms with Crippen LogP contribution >= 0.6 is 11.3 Å². The van der Waals surface area contributed by atoms with Gasteiger partial charge in [-0.05, 0) is 42.5 Å². The van der Waals surface area contributed by atoms with Gasteiger partial charge in [0, 0.05) is 22.5 Å². The van der Waals surface area contributed by atoms with Crippen LogP contribution in [0.5, 0.6) is 0 Å². The second kappa shape index (κ2) is 7.07. The summed E-state index contributed by atoms with van der Waals surface area (Å²) >= 11 is 1.68. The smallest absolute Gasteiger partial charge is 0.337 e. The van der Waals surface area contributed by atoms with Gasteiger partial charge in [0.05, 0.1) is 5.56 Å². The standard InChI is InChI=1S/C18H19F3N2OS/c19-18(20,21)13-5-3-6-14(11-13)23-16(24)22-12-17(8-1-2-9-17)15-7-4-10-25-15/h3-7,10-11H,1-2,8-9,12H2,(H2,22,23,24). The van der Waals surface area contributed by atoms with Crippen molar-refractivity contribution in [2.75, 3.05) is 11.9 Å². The lowest BCUT2D eigenvalue weighted by atomic mass is 9.84. The molecule has 1 aromatic heterocycles. The molecular weight excluding hydrogens is 349 g/mol. The third kappa shape index (κ3) is 4.15. The molecule has 0 unspecified atom stereocenters. The minimum Gasteiger partial charge on any atom is -0.337 e. The highest BCUT2D eigenvalue weighted by molar-refractivity contribution is 7.10. The Kier molecular flexibility index (Phi) is 5.03. The van der Waals surface area contributed by atoms with Gasteiger partial charge >= 0.3 is 12.2 Å². The van der Waals surface area contributed by atoms with Crippen LogP contribution in [-0.2, 0) is 11.6 Å². The Morgan fingerprint density at radius 1 is 1.16 bits per heavy atom. The largest absolute Gasteiger partial charge is 0.416 e. The lowest BCUT2D eigenvalue weighted by molar-refractivity contribution is -0.137. The zero-order chi connectivity index (χ0) is 17.9. The van der Waals surface area contributed by atoms with Gasteiger partial charge < -0.3 is 10.6 Å². The van der Waals surface area contributed by atoms with E-state index in [0.717, 1.165) is 37.8 Å². The van der Waals surface area contributed by atoms with Gasteiger partial charge in [0.2, 0.25) is 0 Å².